The molecule has 0 aliphatic carbocycles. The van der Waals surface area contributed by atoms with Crippen LogP contribution in [-0.4, -0.2) is 81.4 Å². The molecule has 4 atom stereocenters. The van der Waals surface area contributed by atoms with Gasteiger partial charge >= 0.3 is 11.7 Å². The van der Waals surface area contributed by atoms with E-state index < -0.39 is 61.6 Å². The molecule has 5 aromatic rings. The zero-order chi connectivity index (χ0) is 47.3. The quantitative estimate of drug-likeness (QED) is 0.0512. The molecule has 1 aliphatic heterocycles. The number of rotatable bonds is 17. The molecule has 0 spiro atoms. The Labute approximate surface area is 380 Å². The first-order valence-electron chi connectivity index (χ1n) is 21.4. The van der Waals surface area contributed by atoms with Gasteiger partial charge in [0.05, 0.1) is 34.4 Å². The summed E-state index contributed by atoms with van der Waals surface area (Å²) in [5.74, 6) is -0.123. The monoisotopic (exact) mass is 906 g/mol. The zero-order valence-electron chi connectivity index (χ0n) is 38.6. The third-order valence-electron chi connectivity index (χ3n) is 12.3. The number of nitrogens with zero attached hydrogens (tertiary/aromatic N) is 2. The number of aryl methyl sites for hydroxylation is 1. The van der Waals surface area contributed by atoms with Crippen LogP contribution in [0.4, 0.5) is 0 Å². The molecule has 0 saturated carbocycles. The molecule has 14 nitrogen and oxygen atoms in total. The van der Waals surface area contributed by atoms with Gasteiger partial charge in [0.25, 0.3) is 11.5 Å². The molecule has 0 N–H and O–H groups in total. The van der Waals surface area contributed by atoms with Crippen molar-refractivity contribution in [2.45, 2.75) is 95.7 Å². The van der Waals surface area contributed by atoms with Gasteiger partial charge in [0.15, 0.2) is 20.6 Å². The number of methoxy groups -OCH3 is 3. The van der Waals surface area contributed by atoms with Gasteiger partial charge < -0.3 is 37.6 Å². The summed E-state index contributed by atoms with van der Waals surface area (Å²) in [5.41, 5.74) is -0.202. The topological polar surface area (TPSA) is 160 Å². The highest BCUT2D eigenvalue weighted by atomic mass is 28.4. The second kappa shape index (κ2) is 19.9. The van der Waals surface area contributed by atoms with E-state index in [2.05, 4.69) is 0 Å². The number of ether oxygens (including phenoxy) is 6. The number of aromatic nitrogens is 2. The van der Waals surface area contributed by atoms with Gasteiger partial charge in [-0.2, -0.15) is 4.57 Å². The van der Waals surface area contributed by atoms with Gasteiger partial charge in [0.1, 0.15) is 40.8 Å². The first-order valence-corrected chi connectivity index (χ1v) is 24.3. The van der Waals surface area contributed by atoms with E-state index in [9.17, 15) is 24.0 Å². The van der Waals surface area contributed by atoms with Crippen LogP contribution in [0.1, 0.15) is 79.4 Å². The lowest BCUT2D eigenvalue weighted by Crippen LogP contribution is -2.52. The third kappa shape index (κ3) is 10.2. The first-order chi connectivity index (χ1) is 30.8. The molecule has 0 amide bonds. The largest absolute Gasteiger partial charge is 0.497 e. The van der Waals surface area contributed by atoms with Gasteiger partial charge in [-0.3, -0.25) is 19.0 Å². The summed E-state index contributed by atoms with van der Waals surface area (Å²) < 4.78 is 45.6. The van der Waals surface area contributed by atoms with Gasteiger partial charge in [-0.15, -0.1) is 0 Å². The van der Waals surface area contributed by atoms with Crippen LogP contribution in [-0.2, 0) is 33.8 Å². The van der Waals surface area contributed by atoms with Gasteiger partial charge in [0.2, 0.25) is 0 Å². The van der Waals surface area contributed by atoms with Crippen LogP contribution in [0.2, 0.25) is 18.1 Å². The van der Waals surface area contributed by atoms with E-state index >= 15 is 0 Å². The van der Waals surface area contributed by atoms with Crippen molar-refractivity contribution in [1.82, 2.24) is 9.13 Å². The Hall–Kier alpha value is -6.13. The predicted octanol–water partition coefficient (Wildman–Crippen LogP) is 7.61. The Morgan fingerprint density at radius 2 is 1.32 bits per heavy atom. The van der Waals surface area contributed by atoms with Crippen molar-refractivity contribution in [3.8, 4) is 17.2 Å². The normalized spacial score (nSPS) is 17.6. The van der Waals surface area contributed by atoms with Gasteiger partial charge in [-0.25, -0.2) is 4.79 Å². The van der Waals surface area contributed by atoms with Crippen molar-refractivity contribution in [3.05, 3.63) is 158 Å². The molecule has 4 aromatic carbocycles. The average Bonchev–Trinajstić information content (AvgIpc) is 3.60. The van der Waals surface area contributed by atoms with E-state index in [-0.39, 0.29) is 35.8 Å². The maximum atomic E-state index is 14.7. The highest BCUT2D eigenvalue weighted by Crippen LogP contribution is 2.45. The summed E-state index contributed by atoms with van der Waals surface area (Å²) in [6.07, 6.45) is -3.90. The summed E-state index contributed by atoms with van der Waals surface area (Å²) in [7, 11) is 1.80. The number of hydrogen-bond acceptors (Lipinski definition) is 12. The SMILES string of the molecule is COc1ccc(C(OC[C@H]2O[C@@H](n3ccc(=O)n(C(=O)c4ccc(C)c(OC)c4)c3=O)C(O[Si](C)(C)C(C)(C)C)[C@H]2OC(=O)CCC(C)=O)(c2ccccc2)c2ccc(OC)cc2)cc1. The molecule has 1 saturated heterocycles. The summed E-state index contributed by atoms with van der Waals surface area (Å²) in [6, 6.07) is 30.3. The summed E-state index contributed by atoms with van der Waals surface area (Å²) in [4.78, 5) is 68.1. The van der Waals surface area contributed by atoms with Crippen LogP contribution in [0.25, 0.3) is 0 Å². The highest BCUT2D eigenvalue weighted by Gasteiger charge is 2.54. The summed E-state index contributed by atoms with van der Waals surface area (Å²) in [6.45, 7) is 13.1. The first kappa shape index (κ1) is 48.3. The Morgan fingerprint density at radius 3 is 1.86 bits per heavy atom. The lowest BCUT2D eigenvalue weighted by Gasteiger charge is -2.40. The van der Waals surface area contributed by atoms with Crippen molar-refractivity contribution in [2.24, 2.45) is 0 Å². The Morgan fingerprint density at radius 1 is 0.738 bits per heavy atom. The molecule has 1 fully saturated rings. The van der Waals surface area contributed by atoms with Crippen molar-refractivity contribution < 1.29 is 47.2 Å². The molecule has 1 unspecified atom stereocenters. The molecular weight excluding hydrogens is 849 g/mol. The molecule has 344 valence electrons. The van der Waals surface area contributed by atoms with Gasteiger partial charge in [0, 0.05) is 24.2 Å². The third-order valence-corrected chi connectivity index (χ3v) is 16.7. The van der Waals surface area contributed by atoms with E-state index in [1.807, 2.05) is 113 Å². The number of esters is 1. The Balaban J connectivity index is 1.53. The lowest BCUT2D eigenvalue weighted by molar-refractivity contribution is -0.159. The molecule has 0 radical (unpaired) electrons. The minimum atomic E-state index is -2.83. The van der Waals surface area contributed by atoms with Gasteiger partial charge in [-0.05, 0) is 90.6 Å². The number of carbonyl (C=O) groups excluding carboxylic acids is 3. The second-order valence-electron chi connectivity index (χ2n) is 17.5. The Bertz CT molecular complexity index is 2550. The van der Waals surface area contributed by atoms with Crippen molar-refractivity contribution in [3.63, 3.8) is 0 Å². The van der Waals surface area contributed by atoms with Crippen LogP contribution in [0.3, 0.4) is 0 Å². The predicted molar refractivity (Wildman–Crippen MR) is 246 cm³/mol. The summed E-state index contributed by atoms with van der Waals surface area (Å²) in [5, 5.41) is -0.384. The standard InChI is InChI=1S/C50H58N2O12Si/c1-32-16-18-34(30-40(32)60-8)46(56)52-42(54)28-29-51(48(52)57)47-45(64-65(9,10)49(3,4)5)44(63-43(55)27-17-33(2)53)41(62-47)31-61-50(35-14-12-11-13-15-35,36-19-23-38(58-6)24-20-36)37-21-25-39(59-7)26-22-37/h11-16,18-26,28-30,41,44-45,47H,17,27,31H2,1-10H3/t41-,44+,45?,47-/m1/s1. The van der Waals surface area contributed by atoms with Crippen LogP contribution in [0.5, 0.6) is 17.2 Å². The van der Waals surface area contributed by atoms with E-state index in [1.165, 1.54) is 32.4 Å². The fraction of sp³-hybridized carbons (Fsp3) is 0.380. The zero-order valence-corrected chi connectivity index (χ0v) is 39.6. The van der Waals surface area contributed by atoms with Crippen LogP contribution in [0, 0.1) is 6.92 Å². The molecule has 2 heterocycles. The number of ketones is 1. The Kier molecular flexibility index (Phi) is 14.8. The number of carbonyl (C=O) groups is 3. The maximum absolute atomic E-state index is 14.7. The highest BCUT2D eigenvalue weighted by molar-refractivity contribution is 6.74. The van der Waals surface area contributed by atoms with Crippen LogP contribution >= 0.6 is 0 Å². The number of benzene rings is 4. The minimum absolute atomic E-state index is 0.0451. The van der Waals surface area contributed by atoms with E-state index in [0.29, 0.717) is 21.8 Å². The second-order valence-corrected chi connectivity index (χ2v) is 22.3. The number of hydrogen-bond donors (Lipinski definition) is 0. The average molecular weight is 907 g/mol. The van der Waals surface area contributed by atoms with Crippen LogP contribution in [0.15, 0.2) is 119 Å². The van der Waals surface area contributed by atoms with E-state index in [0.717, 1.165) is 32.9 Å². The minimum Gasteiger partial charge on any atom is -0.497 e. The van der Waals surface area contributed by atoms with Crippen molar-refractivity contribution in [1.29, 1.82) is 0 Å². The fourth-order valence-electron chi connectivity index (χ4n) is 7.58. The molecule has 1 aromatic heterocycles. The molecule has 1 aliphatic rings. The fourth-order valence-corrected chi connectivity index (χ4v) is 8.86. The molecule has 65 heavy (non-hydrogen) atoms. The molecule has 0 bridgehead atoms. The van der Waals surface area contributed by atoms with Crippen molar-refractivity contribution >= 4 is 26.0 Å². The van der Waals surface area contributed by atoms with Crippen LogP contribution < -0.4 is 25.5 Å². The van der Waals surface area contributed by atoms with E-state index in [1.54, 1.807) is 27.2 Å². The maximum Gasteiger partial charge on any atom is 0.340 e. The molecule has 6 rings (SSSR count). The van der Waals surface area contributed by atoms with Gasteiger partial charge in [-0.1, -0.05) is 81.4 Å². The summed E-state index contributed by atoms with van der Waals surface area (Å²) >= 11 is 0. The van der Waals surface area contributed by atoms with E-state index in [4.69, 9.17) is 32.8 Å². The molecule has 15 heteroatoms. The molecular formula is C50H58N2O12Si. The number of Topliss-reactive ketones (excluding diaryl/α,β-unsaturated/α-hetero) is 1. The lowest BCUT2D eigenvalue weighted by atomic mass is 9.80. The smallest absolute Gasteiger partial charge is 0.340 e. The van der Waals surface area contributed by atoms with Crippen molar-refractivity contribution in [2.75, 3.05) is 27.9 Å².